The first kappa shape index (κ1) is 14.6. The number of nitrogens with one attached hydrogen (secondary N) is 1. The summed E-state index contributed by atoms with van der Waals surface area (Å²) >= 11 is 3.14. The van der Waals surface area contributed by atoms with Crippen LogP contribution in [0.2, 0.25) is 0 Å². The summed E-state index contributed by atoms with van der Waals surface area (Å²) in [4.78, 5) is 0. The maximum Gasteiger partial charge on any atom is 0.137 e. The van der Waals surface area contributed by atoms with E-state index in [1.54, 1.807) is 12.1 Å². The van der Waals surface area contributed by atoms with Gasteiger partial charge in [0.1, 0.15) is 5.82 Å². The van der Waals surface area contributed by atoms with Crippen molar-refractivity contribution in [1.29, 1.82) is 0 Å². The van der Waals surface area contributed by atoms with Crippen LogP contribution in [0.5, 0.6) is 0 Å². The van der Waals surface area contributed by atoms with Crippen LogP contribution < -0.4 is 5.32 Å². The van der Waals surface area contributed by atoms with Gasteiger partial charge in [-0.05, 0) is 52.5 Å². The number of hydrogen-bond acceptors (Lipinski definition) is 2. The van der Waals surface area contributed by atoms with Crippen molar-refractivity contribution >= 4 is 15.9 Å². The van der Waals surface area contributed by atoms with E-state index in [4.69, 9.17) is 0 Å². The van der Waals surface area contributed by atoms with Gasteiger partial charge in [0.2, 0.25) is 0 Å². The molecule has 0 spiro atoms. The van der Waals surface area contributed by atoms with E-state index < -0.39 is 6.10 Å². The molecule has 0 aliphatic heterocycles. The van der Waals surface area contributed by atoms with Gasteiger partial charge in [0.05, 0.1) is 10.6 Å². The molecule has 0 saturated carbocycles. The highest BCUT2D eigenvalue weighted by molar-refractivity contribution is 9.10. The number of aliphatic hydroxyl groups excluding tert-OH is 1. The Bertz CT molecular complexity index is 357. The Labute approximate surface area is 110 Å². The van der Waals surface area contributed by atoms with Crippen LogP contribution in [0.1, 0.15) is 19.4 Å². The lowest BCUT2D eigenvalue weighted by molar-refractivity contribution is 0.170. The third kappa shape index (κ3) is 5.61. The molecule has 96 valence electrons. The van der Waals surface area contributed by atoms with Crippen LogP contribution in [0.15, 0.2) is 22.7 Å². The van der Waals surface area contributed by atoms with Gasteiger partial charge in [-0.2, -0.15) is 0 Å². The summed E-state index contributed by atoms with van der Waals surface area (Å²) < 4.78 is 13.4. The molecule has 0 aliphatic rings. The smallest absolute Gasteiger partial charge is 0.137 e. The summed E-state index contributed by atoms with van der Waals surface area (Å²) in [5, 5.41) is 13.0. The van der Waals surface area contributed by atoms with Gasteiger partial charge in [0.15, 0.2) is 0 Å². The highest BCUT2D eigenvalue weighted by Crippen LogP contribution is 2.17. The Balaban J connectivity index is 2.39. The molecule has 1 rings (SSSR count). The van der Waals surface area contributed by atoms with Gasteiger partial charge in [0.25, 0.3) is 0 Å². The minimum absolute atomic E-state index is 0.277. The second-order valence-corrected chi connectivity index (χ2v) is 5.51. The molecule has 0 heterocycles. The number of halogens is 2. The molecule has 4 heteroatoms. The van der Waals surface area contributed by atoms with E-state index in [0.29, 0.717) is 23.4 Å². The Kier molecular flexibility index (Phi) is 6.09. The lowest BCUT2D eigenvalue weighted by Gasteiger charge is -2.13. The normalized spacial score (nSPS) is 13.1. The monoisotopic (exact) mass is 303 g/mol. The van der Waals surface area contributed by atoms with Gasteiger partial charge in [-0.15, -0.1) is 0 Å². The molecule has 0 bridgehead atoms. The van der Waals surface area contributed by atoms with Gasteiger partial charge < -0.3 is 10.4 Å². The predicted octanol–water partition coefficient (Wildman–Crippen LogP) is 2.74. The second-order valence-electron chi connectivity index (χ2n) is 4.66. The Morgan fingerprint density at radius 1 is 1.35 bits per heavy atom. The number of benzene rings is 1. The van der Waals surface area contributed by atoms with E-state index in [-0.39, 0.29) is 5.82 Å². The minimum atomic E-state index is -0.439. The lowest BCUT2D eigenvalue weighted by Crippen LogP contribution is -2.30. The van der Waals surface area contributed by atoms with E-state index in [0.717, 1.165) is 12.1 Å². The number of aliphatic hydroxyl groups is 1. The van der Waals surface area contributed by atoms with Gasteiger partial charge in [-0.25, -0.2) is 4.39 Å². The zero-order valence-corrected chi connectivity index (χ0v) is 11.8. The zero-order valence-electron chi connectivity index (χ0n) is 10.2. The molecule has 2 nitrogen and oxygen atoms in total. The molecule has 1 aromatic carbocycles. The maximum atomic E-state index is 13.0. The Hall–Kier alpha value is -0.450. The molecule has 0 radical (unpaired) electrons. The zero-order chi connectivity index (χ0) is 12.8. The number of hydrogen-bond donors (Lipinski definition) is 2. The van der Waals surface area contributed by atoms with E-state index in [1.165, 1.54) is 6.07 Å². The Morgan fingerprint density at radius 3 is 2.65 bits per heavy atom. The fourth-order valence-corrected chi connectivity index (χ4v) is 1.98. The van der Waals surface area contributed by atoms with Crippen LogP contribution in [0, 0.1) is 11.7 Å². The molecule has 1 unspecified atom stereocenters. The van der Waals surface area contributed by atoms with Gasteiger partial charge in [-0.1, -0.05) is 19.9 Å². The average molecular weight is 304 g/mol. The molecule has 1 atom stereocenters. The van der Waals surface area contributed by atoms with Crippen molar-refractivity contribution in [2.75, 3.05) is 13.1 Å². The Morgan fingerprint density at radius 2 is 2.06 bits per heavy atom. The molecule has 2 N–H and O–H groups in total. The van der Waals surface area contributed by atoms with Crippen LogP contribution in [0.3, 0.4) is 0 Å². The summed E-state index contributed by atoms with van der Waals surface area (Å²) in [7, 11) is 0. The first-order valence-corrected chi connectivity index (χ1v) is 6.61. The van der Waals surface area contributed by atoms with Crippen molar-refractivity contribution in [3.05, 3.63) is 34.1 Å². The van der Waals surface area contributed by atoms with Crippen molar-refractivity contribution in [2.45, 2.75) is 26.4 Å². The molecular weight excluding hydrogens is 285 g/mol. The molecule has 1 aromatic rings. The summed E-state index contributed by atoms with van der Waals surface area (Å²) in [6.45, 7) is 5.70. The van der Waals surface area contributed by atoms with E-state index >= 15 is 0 Å². The molecule has 17 heavy (non-hydrogen) atoms. The molecule has 0 aromatic heterocycles. The van der Waals surface area contributed by atoms with Crippen molar-refractivity contribution in [3.63, 3.8) is 0 Å². The number of rotatable bonds is 6. The third-order valence-corrected chi connectivity index (χ3v) is 3.00. The van der Waals surface area contributed by atoms with E-state index in [9.17, 15) is 9.50 Å². The second kappa shape index (κ2) is 7.09. The van der Waals surface area contributed by atoms with Gasteiger partial charge in [0, 0.05) is 6.54 Å². The van der Waals surface area contributed by atoms with Gasteiger partial charge in [-0.3, -0.25) is 0 Å². The van der Waals surface area contributed by atoms with Crippen molar-refractivity contribution in [3.8, 4) is 0 Å². The SMILES string of the molecule is CC(C)CNCC(O)Cc1ccc(F)c(Br)c1. The summed E-state index contributed by atoms with van der Waals surface area (Å²) in [6.07, 6.45) is 0.0929. The fourth-order valence-electron chi connectivity index (χ4n) is 1.55. The van der Waals surface area contributed by atoms with Crippen molar-refractivity contribution < 1.29 is 9.50 Å². The fraction of sp³-hybridized carbons (Fsp3) is 0.538. The highest BCUT2D eigenvalue weighted by Gasteiger charge is 2.07. The minimum Gasteiger partial charge on any atom is -0.391 e. The van der Waals surface area contributed by atoms with Gasteiger partial charge >= 0.3 is 0 Å². The van der Waals surface area contributed by atoms with Crippen molar-refractivity contribution in [2.24, 2.45) is 5.92 Å². The quantitative estimate of drug-likeness (QED) is 0.847. The largest absolute Gasteiger partial charge is 0.391 e. The summed E-state index contributed by atoms with van der Waals surface area (Å²) in [5.74, 6) is 0.295. The predicted molar refractivity (Wildman–Crippen MR) is 71.5 cm³/mol. The lowest BCUT2D eigenvalue weighted by atomic mass is 10.1. The first-order valence-electron chi connectivity index (χ1n) is 5.81. The van der Waals surface area contributed by atoms with Crippen molar-refractivity contribution in [1.82, 2.24) is 5.32 Å². The van der Waals surface area contributed by atoms with Crippen LogP contribution in [0.25, 0.3) is 0 Å². The summed E-state index contributed by atoms with van der Waals surface area (Å²) in [5.41, 5.74) is 0.928. The van der Waals surface area contributed by atoms with Crippen LogP contribution in [-0.2, 0) is 6.42 Å². The van der Waals surface area contributed by atoms with Crippen LogP contribution in [0.4, 0.5) is 4.39 Å². The molecule has 0 saturated heterocycles. The van der Waals surface area contributed by atoms with E-state index in [1.807, 2.05) is 0 Å². The first-order chi connectivity index (χ1) is 7.99. The summed E-state index contributed by atoms with van der Waals surface area (Å²) in [6, 6.07) is 4.82. The standard InChI is InChI=1S/C13H19BrFNO/c1-9(2)7-16-8-11(17)5-10-3-4-13(15)12(14)6-10/h3-4,6,9,11,16-17H,5,7-8H2,1-2H3. The van der Waals surface area contributed by atoms with Crippen LogP contribution >= 0.6 is 15.9 Å². The van der Waals surface area contributed by atoms with E-state index in [2.05, 4.69) is 35.1 Å². The average Bonchev–Trinajstić information content (AvgIpc) is 2.23. The topological polar surface area (TPSA) is 32.3 Å². The molecule has 0 aliphatic carbocycles. The molecule has 0 amide bonds. The third-order valence-electron chi connectivity index (χ3n) is 2.39. The molecule has 0 fully saturated rings. The highest BCUT2D eigenvalue weighted by atomic mass is 79.9. The maximum absolute atomic E-state index is 13.0. The molecular formula is C13H19BrFNO. The van der Waals surface area contributed by atoms with Crippen LogP contribution in [-0.4, -0.2) is 24.3 Å².